The summed E-state index contributed by atoms with van der Waals surface area (Å²) in [7, 11) is 0. The Labute approximate surface area is 122 Å². The zero-order valence-corrected chi connectivity index (χ0v) is 12.7. The summed E-state index contributed by atoms with van der Waals surface area (Å²) in [5.41, 5.74) is 0.982. The van der Waals surface area contributed by atoms with Gasteiger partial charge in [-0.2, -0.15) is 0 Å². The van der Waals surface area contributed by atoms with Gasteiger partial charge in [-0.3, -0.25) is 4.79 Å². The van der Waals surface area contributed by atoms with Crippen molar-refractivity contribution in [2.24, 2.45) is 0 Å². The lowest BCUT2D eigenvalue weighted by molar-refractivity contribution is 0.0985. The van der Waals surface area contributed by atoms with Crippen LogP contribution in [-0.2, 0) is 6.42 Å². The molecule has 1 N–H and O–H groups in total. The Balaban J connectivity index is 3.08. The van der Waals surface area contributed by atoms with Crippen LogP contribution in [0.2, 0.25) is 0 Å². The number of ketones is 1. The van der Waals surface area contributed by atoms with Gasteiger partial charge in [-0.15, -0.1) is 6.58 Å². The van der Waals surface area contributed by atoms with Gasteiger partial charge in [0, 0.05) is 17.3 Å². The number of ether oxygens (including phenoxy) is 1. The van der Waals surface area contributed by atoms with E-state index < -0.39 is 0 Å². The Bertz CT molecular complexity index is 455. The minimum Gasteiger partial charge on any atom is -0.507 e. The molecule has 0 heterocycles. The molecule has 0 aromatic heterocycles. The first kappa shape index (κ1) is 15.8. The summed E-state index contributed by atoms with van der Waals surface area (Å²) in [6.45, 7) is 6.01. The van der Waals surface area contributed by atoms with Crippen molar-refractivity contribution in [3.05, 3.63) is 35.9 Å². The van der Waals surface area contributed by atoms with E-state index in [1.165, 1.54) is 0 Å². The molecule has 0 spiro atoms. The Morgan fingerprint density at radius 2 is 2.26 bits per heavy atom. The smallest absolute Gasteiger partial charge is 0.166 e. The van der Waals surface area contributed by atoms with Crippen molar-refractivity contribution in [1.29, 1.82) is 0 Å². The number of benzene rings is 1. The number of halogens is 1. The molecule has 104 valence electrons. The molecule has 4 heteroatoms. The van der Waals surface area contributed by atoms with Crippen molar-refractivity contribution in [2.75, 3.05) is 11.9 Å². The van der Waals surface area contributed by atoms with E-state index in [1.54, 1.807) is 25.1 Å². The van der Waals surface area contributed by atoms with Crippen LogP contribution in [0.1, 0.15) is 35.7 Å². The molecular formula is C15H19BrO3. The largest absolute Gasteiger partial charge is 0.507 e. The van der Waals surface area contributed by atoms with Gasteiger partial charge in [-0.1, -0.05) is 28.9 Å². The van der Waals surface area contributed by atoms with E-state index in [2.05, 4.69) is 22.5 Å². The van der Waals surface area contributed by atoms with E-state index in [0.717, 1.165) is 11.8 Å². The molecule has 0 bridgehead atoms. The van der Waals surface area contributed by atoms with E-state index in [4.69, 9.17) is 4.74 Å². The van der Waals surface area contributed by atoms with Gasteiger partial charge in [0.1, 0.15) is 11.5 Å². The molecule has 19 heavy (non-hydrogen) atoms. The number of hydrogen-bond donors (Lipinski definition) is 1. The maximum absolute atomic E-state index is 11.7. The van der Waals surface area contributed by atoms with Gasteiger partial charge in [-0.05, 0) is 25.0 Å². The highest BCUT2D eigenvalue weighted by atomic mass is 79.9. The number of hydrogen-bond acceptors (Lipinski definition) is 3. The van der Waals surface area contributed by atoms with Gasteiger partial charge in [-0.25, -0.2) is 0 Å². The van der Waals surface area contributed by atoms with Crippen LogP contribution in [0.25, 0.3) is 0 Å². The predicted octanol–water partition coefficient (Wildman–Crippen LogP) is 3.88. The van der Waals surface area contributed by atoms with Crippen LogP contribution in [0.5, 0.6) is 11.5 Å². The molecule has 1 aromatic rings. The van der Waals surface area contributed by atoms with Crippen molar-refractivity contribution >= 4 is 21.7 Å². The van der Waals surface area contributed by atoms with Gasteiger partial charge >= 0.3 is 0 Å². The number of phenolic OH excluding ortho intramolecular Hbond substituents is 1. The Kier molecular flexibility index (Phi) is 6.64. The van der Waals surface area contributed by atoms with Gasteiger partial charge < -0.3 is 9.84 Å². The minimum absolute atomic E-state index is 0.0168. The number of carbonyl (C=O) groups is 1. The molecule has 0 unspecified atom stereocenters. The average Bonchev–Trinajstić information content (AvgIpc) is 2.42. The molecule has 0 aliphatic heterocycles. The van der Waals surface area contributed by atoms with Crippen LogP contribution >= 0.6 is 15.9 Å². The molecule has 0 fully saturated rings. The maximum Gasteiger partial charge on any atom is 0.166 e. The Hall–Kier alpha value is -1.29. The second kappa shape index (κ2) is 8.00. The maximum atomic E-state index is 11.7. The molecule has 3 nitrogen and oxygen atoms in total. The van der Waals surface area contributed by atoms with Crippen molar-refractivity contribution in [2.45, 2.75) is 26.2 Å². The van der Waals surface area contributed by atoms with Crippen LogP contribution in [0.15, 0.2) is 24.8 Å². The zero-order chi connectivity index (χ0) is 14.3. The molecular weight excluding hydrogens is 308 g/mol. The third kappa shape index (κ3) is 4.10. The summed E-state index contributed by atoms with van der Waals surface area (Å²) < 4.78 is 5.63. The Morgan fingerprint density at radius 3 is 2.84 bits per heavy atom. The molecule has 0 radical (unpaired) electrons. The summed E-state index contributed by atoms with van der Waals surface area (Å²) >= 11 is 3.34. The van der Waals surface area contributed by atoms with E-state index in [1.807, 2.05) is 0 Å². The topological polar surface area (TPSA) is 46.5 Å². The first-order chi connectivity index (χ1) is 9.15. The van der Waals surface area contributed by atoms with Crippen molar-refractivity contribution in [3.63, 3.8) is 0 Å². The fourth-order valence-electron chi connectivity index (χ4n) is 1.75. The monoisotopic (exact) mass is 326 g/mol. The highest BCUT2D eigenvalue weighted by Gasteiger charge is 2.16. The van der Waals surface area contributed by atoms with E-state index >= 15 is 0 Å². The minimum atomic E-state index is -0.0742. The summed E-state index contributed by atoms with van der Waals surface area (Å²) in [4.78, 5) is 11.7. The number of Topliss-reactive ketones (excluding diaryl/α,β-unsaturated/α-hetero) is 1. The van der Waals surface area contributed by atoms with Crippen molar-refractivity contribution < 1.29 is 14.6 Å². The van der Waals surface area contributed by atoms with Gasteiger partial charge in [0.05, 0.1) is 12.2 Å². The van der Waals surface area contributed by atoms with Crippen LogP contribution in [0.3, 0.4) is 0 Å². The standard InChI is InChI=1S/C15H19BrO3/c1-3-6-12-14(19-10-5-9-16)8-7-11(15(12)18)13(17)4-2/h3,7-8,18H,1,4-6,9-10H2,2H3. The lowest BCUT2D eigenvalue weighted by Gasteiger charge is -2.14. The average molecular weight is 327 g/mol. The van der Waals surface area contributed by atoms with Crippen LogP contribution in [0, 0.1) is 0 Å². The summed E-state index contributed by atoms with van der Waals surface area (Å²) in [5, 5.41) is 11.1. The molecule has 0 saturated heterocycles. The highest BCUT2D eigenvalue weighted by molar-refractivity contribution is 9.09. The molecule has 0 aliphatic rings. The number of carbonyl (C=O) groups excluding carboxylic acids is 1. The first-order valence-electron chi connectivity index (χ1n) is 6.33. The van der Waals surface area contributed by atoms with E-state index in [9.17, 15) is 9.90 Å². The number of rotatable bonds is 8. The van der Waals surface area contributed by atoms with Crippen molar-refractivity contribution in [3.8, 4) is 11.5 Å². The van der Waals surface area contributed by atoms with Crippen LogP contribution < -0.4 is 4.74 Å². The molecule has 1 aromatic carbocycles. The van der Waals surface area contributed by atoms with Gasteiger partial charge in [0.2, 0.25) is 0 Å². The quantitative estimate of drug-likeness (QED) is 0.341. The van der Waals surface area contributed by atoms with Crippen LogP contribution in [0.4, 0.5) is 0 Å². The Morgan fingerprint density at radius 1 is 1.53 bits per heavy atom. The van der Waals surface area contributed by atoms with Gasteiger partial charge in [0.25, 0.3) is 0 Å². The summed E-state index contributed by atoms with van der Waals surface area (Å²) in [6.07, 6.45) is 3.40. The third-order valence-corrected chi connectivity index (χ3v) is 3.31. The summed E-state index contributed by atoms with van der Waals surface area (Å²) in [5.74, 6) is 0.559. The number of allylic oxidation sites excluding steroid dienone is 1. The second-order valence-electron chi connectivity index (χ2n) is 4.10. The fourth-order valence-corrected chi connectivity index (χ4v) is 1.98. The van der Waals surface area contributed by atoms with E-state index in [-0.39, 0.29) is 11.5 Å². The summed E-state index contributed by atoms with van der Waals surface area (Å²) in [6, 6.07) is 3.37. The second-order valence-corrected chi connectivity index (χ2v) is 4.89. The van der Waals surface area contributed by atoms with Crippen molar-refractivity contribution in [1.82, 2.24) is 0 Å². The SMILES string of the molecule is C=CCc1c(OCCCBr)ccc(C(=O)CC)c1O. The highest BCUT2D eigenvalue weighted by Crippen LogP contribution is 2.33. The normalized spacial score (nSPS) is 10.2. The molecule has 1 rings (SSSR count). The van der Waals surface area contributed by atoms with Crippen LogP contribution in [-0.4, -0.2) is 22.8 Å². The zero-order valence-electron chi connectivity index (χ0n) is 11.1. The fraction of sp³-hybridized carbons (Fsp3) is 0.400. The molecule has 0 amide bonds. The molecule has 0 aliphatic carbocycles. The first-order valence-corrected chi connectivity index (χ1v) is 7.45. The molecule has 0 saturated carbocycles. The lowest BCUT2D eigenvalue weighted by atomic mass is 10.0. The third-order valence-electron chi connectivity index (χ3n) is 2.75. The molecule has 0 atom stereocenters. The lowest BCUT2D eigenvalue weighted by Crippen LogP contribution is -2.04. The number of phenols is 1. The van der Waals surface area contributed by atoms with E-state index in [0.29, 0.717) is 36.3 Å². The predicted molar refractivity (Wildman–Crippen MR) is 80.5 cm³/mol. The van der Waals surface area contributed by atoms with Gasteiger partial charge in [0.15, 0.2) is 5.78 Å². The number of aromatic hydroxyl groups is 1. The number of alkyl halides is 1.